The van der Waals surface area contributed by atoms with Crippen molar-refractivity contribution in [1.29, 1.82) is 0 Å². The topological polar surface area (TPSA) is 77.5 Å². The third-order valence-corrected chi connectivity index (χ3v) is 7.55. The number of allylic oxidation sites excluding steroid dienone is 5. The van der Waals surface area contributed by atoms with Gasteiger partial charge in [-0.15, -0.1) is 0 Å². The van der Waals surface area contributed by atoms with Gasteiger partial charge in [-0.2, -0.15) is 0 Å². The van der Waals surface area contributed by atoms with E-state index in [9.17, 15) is 19.2 Å². The molecule has 5 heteroatoms. The van der Waals surface area contributed by atoms with Crippen molar-refractivity contribution < 1.29 is 23.9 Å². The Morgan fingerprint density at radius 3 is 2.71 bits per heavy atom. The molecule has 0 radical (unpaired) electrons. The maximum Gasteiger partial charge on any atom is 0.303 e. The maximum absolute atomic E-state index is 13.4. The number of carbonyl (C=O) groups is 4. The monoisotopic (exact) mass is 382 g/mol. The highest BCUT2D eigenvalue weighted by Crippen LogP contribution is 2.63. The second-order valence-corrected chi connectivity index (χ2v) is 9.09. The third kappa shape index (κ3) is 2.66. The first kappa shape index (κ1) is 19.0. The second-order valence-electron chi connectivity index (χ2n) is 9.09. The largest absolute Gasteiger partial charge is 0.457 e. The van der Waals surface area contributed by atoms with Crippen molar-refractivity contribution in [1.82, 2.24) is 0 Å². The van der Waals surface area contributed by atoms with Gasteiger partial charge in [0.15, 0.2) is 18.2 Å². The van der Waals surface area contributed by atoms with E-state index in [1.807, 2.05) is 19.1 Å². The van der Waals surface area contributed by atoms with Crippen molar-refractivity contribution in [2.75, 3.05) is 6.61 Å². The smallest absolute Gasteiger partial charge is 0.303 e. The average molecular weight is 382 g/mol. The van der Waals surface area contributed by atoms with Gasteiger partial charge in [0.25, 0.3) is 0 Å². The van der Waals surface area contributed by atoms with Crippen LogP contribution in [-0.2, 0) is 23.9 Å². The van der Waals surface area contributed by atoms with Crippen LogP contribution in [0.2, 0.25) is 0 Å². The molecule has 4 aliphatic rings. The molecule has 0 unspecified atom stereocenters. The molecular weight excluding hydrogens is 356 g/mol. The van der Waals surface area contributed by atoms with Gasteiger partial charge in [0.05, 0.1) is 0 Å². The average Bonchev–Trinajstić information content (AvgIpc) is 2.96. The molecule has 0 aromatic carbocycles. The number of hydrogen-bond donors (Lipinski definition) is 0. The van der Waals surface area contributed by atoms with Crippen molar-refractivity contribution >= 4 is 23.3 Å². The molecule has 0 bridgehead atoms. The predicted molar refractivity (Wildman–Crippen MR) is 102 cm³/mol. The number of ketones is 3. The van der Waals surface area contributed by atoms with E-state index in [0.29, 0.717) is 12.0 Å². The van der Waals surface area contributed by atoms with Gasteiger partial charge in [-0.25, -0.2) is 0 Å². The lowest BCUT2D eigenvalue weighted by Gasteiger charge is -2.55. The van der Waals surface area contributed by atoms with Crippen molar-refractivity contribution in [2.24, 2.45) is 28.6 Å². The van der Waals surface area contributed by atoms with Crippen LogP contribution in [-0.4, -0.2) is 29.9 Å². The molecule has 2 fully saturated rings. The lowest BCUT2D eigenvalue weighted by Crippen LogP contribution is -2.54. The van der Waals surface area contributed by atoms with Crippen LogP contribution >= 0.6 is 0 Å². The third-order valence-electron chi connectivity index (χ3n) is 7.55. The highest BCUT2D eigenvalue weighted by Gasteiger charge is 2.60. The molecular formula is C23H26O5. The van der Waals surface area contributed by atoms with Gasteiger partial charge in [0.1, 0.15) is 5.78 Å². The van der Waals surface area contributed by atoms with Crippen molar-refractivity contribution in [2.45, 2.75) is 46.5 Å². The van der Waals surface area contributed by atoms with Gasteiger partial charge in [-0.3, -0.25) is 19.2 Å². The van der Waals surface area contributed by atoms with E-state index in [-0.39, 0.29) is 41.7 Å². The van der Waals surface area contributed by atoms with Crippen molar-refractivity contribution in [3.63, 3.8) is 0 Å². The highest BCUT2D eigenvalue weighted by molar-refractivity contribution is 6.02. The Bertz CT molecular complexity index is 875. The van der Waals surface area contributed by atoms with E-state index < -0.39 is 16.8 Å². The van der Waals surface area contributed by atoms with E-state index in [4.69, 9.17) is 4.74 Å². The number of esters is 1. The minimum absolute atomic E-state index is 0.0000842. The molecule has 4 rings (SSSR count). The lowest BCUT2D eigenvalue weighted by atomic mass is 9.47. The molecule has 0 aromatic heterocycles. The molecule has 0 aromatic rings. The first-order valence-electron chi connectivity index (χ1n) is 10.0. The zero-order valence-corrected chi connectivity index (χ0v) is 16.6. The Labute approximate surface area is 164 Å². The van der Waals surface area contributed by atoms with E-state index in [2.05, 4.69) is 6.92 Å². The summed E-state index contributed by atoms with van der Waals surface area (Å²) < 4.78 is 4.91. The lowest BCUT2D eigenvalue weighted by molar-refractivity contribution is -0.146. The second kappa shape index (κ2) is 6.36. The van der Waals surface area contributed by atoms with Gasteiger partial charge in [-0.1, -0.05) is 31.6 Å². The number of ether oxygens (including phenoxy) is 1. The summed E-state index contributed by atoms with van der Waals surface area (Å²) in [6.07, 6.45) is 9.94. The standard InChI is InChI=1S/C23H26O5/c1-13(24)28-12-20(27)18-7-6-17-16-5-4-14-10-15(25)8-9-22(14,2)21(16)19(26)11-23(17,18)3/h7-10,16-17,21H,4-6,11-12H2,1-3H3/t16-,17-,21-,22-,23+/m1/s1. The molecule has 2 saturated carbocycles. The first-order chi connectivity index (χ1) is 13.2. The van der Waals surface area contributed by atoms with Gasteiger partial charge in [0.2, 0.25) is 0 Å². The van der Waals surface area contributed by atoms with E-state index in [1.54, 1.807) is 12.2 Å². The molecule has 0 spiro atoms. The maximum atomic E-state index is 13.4. The number of fused-ring (bicyclic) bond motifs is 5. The molecule has 0 heterocycles. The Morgan fingerprint density at radius 1 is 1.25 bits per heavy atom. The molecule has 4 aliphatic carbocycles. The summed E-state index contributed by atoms with van der Waals surface area (Å²) in [6, 6.07) is 0. The minimum Gasteiger partial charge on any atom is -0.457 e. The molecule has 0 N–H and O–H groups in total. The summed E-state index contributed by atoms with van der Waals surface area (Å²) in [6.45, 7) is 5.12. The first-order valence-corrected chi connectivity index (χ1v) is 10.0. The minimum atomic E-state index is -0.499. The van der Waals surface area contributed by atoms with Crippen LogP contribution in [0.1, 0.15) is 46.5 Å². The SMILES string of the molecule is CC(=O)OCC(=O)C1=CC[C@@H]2[C@H]3CCC4=CC(=O)C=C[C@@]4(C)[C@H]3C(=O)C[C@]12C. The Morgan fingerprint density at radius 2 is 2.00 bits per heavy atom. The Kier molecular flexibility index (Phi) is 4.32. The van der Waals surface area contributed by atoms with Crippen LogP contribution in [0.5, 0.6) is 0 Å². The number of hydrogen-bond acceptors (Lipinski definition) is 5. The Balaban J connectivity index is 1.64. The Hall–Kier alpha value is -2.30. The van der Waals surface area contributed by atoms with E-state index >= 15 is 0 Å². The summed E-state index contributed by atoms with van der Waals surface area (Å²) in [5.41, 5.74) is 0.808. The van der Waals surface area contributed by atoms with Gasteiger partial charge in [0, 0.05) is 35.7 Å². The van der Waals surface area contributed by atoms with Crippen molar-refractivity contribution in [3.8, 4) is 0 Å². The predicted octanol–water partition coefficient (Wildman–Crippen LogP) is 3.14. The zero-order chi connectivity index (χ0) is 20.3. The van der Waals surface area contributed by atoms with Crippen molar-refractivity contribution in [3.05, 3.63) is 35.5 Å². The van der Waals surface area contributed by atoms with Crippen LogP contribution in [0.3, 0.4) is 0 Å². The quantitative estimate of drug-likeness (QED) is 0.701. The number of Topliss-reactive ketones (excluding diaryl/α,β-unsaturated/α-hetero) is 2. The number of carbonyl (C=O) groups excluding carboxylic acids is 4. The van der Waals surface area contributed by atoms with Gasteiger partial charge in [-0.05, 0) is 43.3 Å². The molecule has 5 atom stereocenters. The van der Waals surface area contributed by atoms with Crippen LogP contribution < -0.4 is 0 Å². The van der Waals surface area contributed by atoms with Crippen LogP contribution in [0.15, 0.2) is 35.5 Å². The van der Waals surface area contributed by atoms with Crippen LogP contribution in [0.25, 0.3) is 0 Å². The fourth-order valence-electron chi connectivity index (χ4n) is 6.28. The van der Waals surface area contributed by atoms with E-state index in [1.165, 1.54) is 6.92 Å². The molecule has 0 saturated heterocycles. The molecule has 5 nitrogen and oxygen atoms in total. The number of rotatable bonds is 3. The summed E-state index contributed by atoms with van der Waals surface area (Å²) >= 11 is 0. The molecule has 0 aliphatic heterocycles. The summed E-state index contributed by atoms with van der Waals surface area (Å²) in [4.78, 5) is 49.0. The zero-order valence-electron chi connectivity index (χ0n) is 16.6. The molecule has 0 amide bonds. The highest BCUT2D eigenvalue weighted by atomic mass is 16.5. The molecule has 148 valence electrons. The molecule has 28 heavy (non-hydrogen) atoms. The van der Waals surface area contributed by atoms with Crippen LogP contribution in [0, 0.1) is 28.6 Å². The summed E-state index contributed by atoms with van der Waals surface area (Å²) in [5.74, 6) is -0.253. The van der Waals surface area contributed by atoms with Gasteiger partial charge >= 0.3 is 5.97 Å². The van der Waals surface area contributed by atoms with Crippen LogP contribution in [0.4, 0.5) is 0 Å². The fraction of sp³-hybridized carbons (Fsp3) is 0.565. The fourth-order valence-corrected chi connectivity index (χ4v) is 6.28. The summed E-state index contributed by atoms with van der Waals surface area (Å²) in [7, 11) is 0. The normalized spacial score (nSPS) is 38.8. The van der Waals surface area contributed by atoms with Gasteiger partial charge < -0.3 is 4.74 Å². The summed E-state index contributed by atoms with van der Waals surface area (Å²) in [5, 5.41) is 0. The van der Waals surface area contributed by atoms with E-state index in [0.717, 1.165) is 24.8 Å².